The Bertz CT molecular complexity index is 537. The molecule has 0 unspecified atom stereocenters. The van der Waals surface area contributed by atoms with Gasteiger partial charge in [0.25, 0.3) is 0 Å². The van der Waals surface area contributed by atoms with Crippen LogP contribution in [0.25, 0.3) is 11.0 Å². The lowest BCUT2D eigenvalue weighted by Gasteiger charge is -2.33. The second kappa shape index (κ2) is 4.77. The lowest BCUT2D eigenvalue weighted by molar-refractivity contribution is 0.240. The van der Waals surface area contributed by atoms with Crippen LogP contribution in [0.2, 0.25) is 0 Å². The van der Waals surface area contributed by atoms with E-state index in [9.17, 15) is 0 Å². The van der Waals surface area contributed by atoms with Gasteiger partial charge in [-0.05, 0) is 24.8 Å². The van der Waals surface area contributed by atoms with Crippen LogP contribution in [0.15, 0.2) is 28.7 Å². The van der Waals surface area contributed by atoms with Gasteiger partial charge in [0.15, 0.2) is 0 Å². The summed E-state index contributed by atoms with van der Waals surface area (Å²) in [5.41, 5.74) is 2.38. The maximum absolute atomic E-state index is 5.91. The third kappa shape index (κ3) is 2.05. The van der Waals surface area contributed by atoms with E-state index in [4.69, 9.17) is 4.42 Å². The van der Waals surface area contributed by atoms with Crippen molar-refractivity contribution in [2.75, 3.05) is 0 Å². The molecule has 0 bridgehead atoms. The van der Waals surface area contributed by atoms with Crippen LogP contribution in [0.5, 0.6) is 0 Å². The molecule has 1 N–H and O–H groups in total. The van der Waals surface area contributed by atoms with Gasteiger partial charge in [-0.3, -0.25) is 0 Å². The van der Waals surface area contributed by atoms with E-state index >= 15 is 0 Å². The van der Waals surface area contributed by atoms with Crippen LogP contribution in [-0.2, 0) is 13.0 Å². The Morgan fingerprint density at radius 1 is 1.28 bits per heavy atom. The molecule has 1 fully saturated rings. The first-order chi connectivity index (χ1) is 8.78. The van der Waals surface area contributed by atoms with E-state index in [2.05, 4.69) is 37.4 Å². The molecule has 2 nitrogen and oxygen atoms in total. The molecule has 2 heteroatoms. The Morgan fingerprint density at radius 3 is 2.78 bits per heavy atom. The van der Waals surface area contributed by atoms with Gasteiger partial charge in [0.05, 0.1) is 0 Å². The Morgan fingerprint density at radius 2 is 2.06 bits per heavy atom. The molecule has 3 rings (SSSR count). The maximum atomic E-state index is 5.91. The fraction of sp³-hybridized carbons (Fsp3) is 0.500. The summed E-state index contributed by atoms with van der Waals surface area (Å²) in [6.45, 7) is 5.42. The summed E-state index contributed by atoms with van der Waals surface area (Å²) in [6.07, 6.45) is 3.60. The van der Waals surface area contributed by atoms with E-state index < -0.39 is 0 Å². The van der Waals surface area contributed by atoms with Gasteiger partial charge in [-0.2, -0.15) is 0 Å². The first-order valence-corrected chi connectivity index (χ1v) is 7.00. The summed E-state index contributed by atoms with van der Waals surface area (Å²) in [5.74, 6) is 2.03. The van der Waals surface area contributed by atoms with Crippen molar-refractivity contribution in [1.29, 1.82) is 0 Å². The monoisotopic (exact) mass is 243 g/mol. The summed E-state index contributed by atoms with van der Waals surface area (Å²) in [5, 5.41) is 4.93. The highest BCUT2D eigenvalue weighted by Crippen LogP contribution is 2.29. The number of benzene rings is 1. The van der Waals surface area contributed by atoms with Gasteiger partial charge >= 0.3 is 0 Å². The van der Waals surface area contributed by atoms with Crippen molar-refractivity contribution < 1.29 is 4.42 Å². The number of para-hydroxylation sites is 1. The predicted octanol–water partition coefficient (Wildman–Crippen LogP) is 3.88. The number of fused-ring (bicyclic) bond motifs is 1. The van der Waals surface area contributed by atoms with Gasteiger partial charge < -0.3 is 9.73 Å². The standard InChI is InChI=1S/C16H21NO/c1-3-15-14(10-17-12-8-11(2)9-12)13-6-4-5-7-16(13)18-15/h4-7,11-12,17H,3,8-10H2,1-2H3. The van der Waals surface area contributed by atoms with Gasteiger partial charge in [0.1, 0.15) is 11.3 Å². The Hall–Kier alpha value is -1.28. The van der Waals surface area contributed by atoms with Crippen LogP contribution >= 0.6 is 0 Å². The number of hydrogen-bond acceptors (Lipinski definition) is 2. The van der Waals surface area contributed by atoms with Crippen molar-refractivity contribution in [1.82, 2.24) is 5.32 Å². The minimum absolute atomic E-state index is 0.707. The van der Waals surface area contributed by atoms with Crippen LogP contribution in [0, 0.1) is 5.92 Å². The molecule has 18 heavy (non-hydrogen) atoms. The molecule has 1 aliphatic rings. The molecule has 1 aromatic carbocycles. The van der Waals surface area contributed by atoms with Gasteiger partial charge in [-0.15, -0.1) is 0 Å². The fourth-order valence-electron chi connectivity index (χ4n) is 2.94. The quantitative estimate of drug-likeness (QED) is 0.881. The van der Waals surface area contributed by atoms with Crippen LogP contribution < -0.4 is 5.32 Å². The summed E-state index contributed by atoms with van der Waals surface area (Å²) < 4.78 is 5.91. The number of hydrogen-bond donors (Lipinski definition) is 1. The van der Waals surface area contributed by atoms with E-state index in [1.165, 1.54) is 23.8 Å². The molecular weight excluding hydrogens is 222 g/mol. The smallest absolute Gasteiger partial charge is 0.134 e. The van der Waals surface area contributed by atoms with E-state index in [0.29, 0.717) is 6.04 Å². The predicted molar refractivity (Wildman–Crippen MR) is 74.6 cm³/mol. The Labute approximate surface area is 108 Å². The maximum Gasteiger partial charge on any atom is 0.134 e. The van der Waals surface area contributed by atoms with Crippen molar-refractivity contribution >= 4 is 11.0 Å². The normalized spacial score (nSPS) is 23.2. The topological polar surface area (TPSA) is 25.2 Å². The molecule has 1 aliphatic carbocycles. The lowest BCUT2D eigenvalue weighted by atomic mass is 9.82. The number of aryl methyl sites for hydroxylation is 1. The zero-order chi connectivity index (χ0) is 12.5. The number of rotatable bonds is 4. The summed E-state index contributed by atoms with van der Waals surface area (Å²) in [7, 11) is 0. The second-order valence-electron chi connectivity index (χ2n) is 5.51. The molecule has 1 saturated carbocycles. The molecule has 0 amide bonds. The molecule has 0 aliphatic heterocycles. The zero-order valence-corrected chi connectivity index (χ0v) is 11.2. The van der Waals surface area contributed by atoms with Crippen LogP contribution in [0.4, 0.5) is 0 Å². The molecule has 1 aromatic heterocycles. The minimum Gasteiger partial charge on any atom is -0.461 e. The van der Waals surface area contributed by atoms with Gasteiger partial charge in [0.2, 0.25) is 0 Å². The molecule has 0 atom stereocenters. The summed E-state index contributed by atoms with van der Waals surface area (Å²) in [4.78, 5) is 0. The van der Waals surface area contributed by atoms with E-state index in [-0.39, 0.29) is 0 Å². The second-order valence-corrected chi connectivity index (χ2v) is 5.51. The average molecular weight is 243 g/mol. The van der Waals surface area contributed by atoms with Gasteiger partial charge in [-0.25, -0.2) is 0 Å². The number of nitrogens with one attached hydrogen (secondary N) is 1. The van der Waals surface area contributed by atoms with Crippen molar-refractivity contribution in [3.63, 3.8) is 0 Å². The van der Waals surface area contributed by atoms with Crippen LogP contribution in [-0.4, -0.2) is 6.04 Å². The molecular formula is C16H21NO. The van der Waals surface area contributed by atoms with Gasteiger partial charge in [0, 0.05) is 30.0 Å². The van der Waals surface area contributed by atoms with E-state index in [0.717, 1.165) is 30.2 Å². The minimum atomic E-state index is 0.707. The SMILES string of the molecule is CCc1oc2ccccc2c1CNC1CC(C)C1. The van der Waals surface area contributed by atoms with E-state index in [1.54, 1.807) is 0 Å². The zero-order valence-electron chi connectivity index (χ0n) is 11.2. The van der Waals surface area contributed by atoms with Crippen molar-refractivity contribution in [3.05, 3.63) is 35.6 Å². The van der Waals surface area contributed by atoms with Crippen LogP contribution in [0.3, 0.4) is 0 Å². The average Bonchev–Trinajstić information content (AvgIpc) is 2.71. The first kappa shape index (κ1) is 11.8. The molecule has 2 aromatic rings. The molecule has 0 saturated heterocycles. The third-order valence-electron chi connectivity index (χ3n) is 4.04. The summed E-state index contributed by atoms with van der Waals surface area (Å²) in [6, 6.07) is 9.06. The van der Waals surface area contributed by atoms with Crippen molar-refractivity contribution in [2.24, 2.45) is 5.92 Å². The molecule has 96 valence electrons. The Kier molecular flexibility index (Phi) is 3.13. The molecule has 1 heterocycles. The summed E-state index contributed by atoms with van der Waals surface area (Å²) >= 11 is 0. The lowest BCUT2D eigenvalue weighted by Crippen LogP contribution is -2.39. The Balaban J connectivity index is 1.81. The highest BCUT2D eigenvalue weighted by atomic mass is 16.3. The van der Waals surface area contributed by atoms with Crippen molar-refractivity contribution in [3.8, 4) is 0 Å². The van der Waals surface area contributed by atoms with Crippen LogP contribution in [0.1, 0.15) is 38.0 Å². The molecule has 0 radical (unpaired) electrons. The fourth-order valence-corrected chi connectivity index (χ4v) is 2.94. The van der Waals surface area contributed by atoms with Gasteiger partial charge in [-0.1, -0.05) is 32.0 Å². The highest BCUT2D eigenvalue weighted by molar-refractivity contribution is 5.82. The largest absolute Gasteiger partial charge is 0.461 e. The first-order valence-electron chi connectivity index (χ1n) is 7.00. The number of furan rings is 1. The van der Waals surface area contributed by atoms with E-state index in [1.807, 2.05) is 6.07 Å². The molecule has 0 spiro atoms. The third-order valence-corrected chi connectivity index (χ3v) is 4.04. The van der Waals surface area contributed by atoms with Crippen molar-refractivity contribution in [2.45, 2.75) is 45.7 Å². The highest BCUT2D eigenvalue weighted by Gasteiger charge is 2.25.